The van der Waals surface area contributed by atoms with Gasteiger partial charge in [-0.25, -0.2) is 0 Å². The number of carbonyl (C=O) groups excluding carboxylic acids is 2. The first kappa shape index (κ1) is 13.0. The maximum Gasteiger partial charge on any atom is 0.239 e. The topological polar surface area (TPSA) is 75.4 Å². The van der Waals surface area contributed by atoms with Crippen molar-refractivity contribution in [3.8, 4) is 0 Å². The highest BCUT2D eigenvalue weighted by atomic mass is 16.2. The lowest BCUT2D eigenvalue weighted by molar-refractivity contribution is -0.132. The van der Waals surface area contributed by atoms with Crippen LogP contribution in [0.25, 0.3) is 0 Å². The fourth-order valence-electron chi connectivity index (χ4n) is 2.03. The molecule has 1 rings (SSSR count). The van der Waals surface area contributed by atoms with Crippen LogP contribution in [0.2, 0.25) is 0 Å². The van der Waals surface area contributed by atoms with E-state index in [1.54, 1.807) is 4.90 Å². The summed E-state index contributed by atoms with van der Waals surface area (Å²) in [5, 5.41) is 2.82. The Morgan fingerprint density at radius 2 is 2.25 bits per heavy atom. The Hall–Kier alpha value is -1.10. The summed E-state index contributed by atoms with van der Waals surface area (Å²) in [5.41, 5.74) is 5.78. The lowest BCUT2D eigenvalue weighted by Crippen LogP contribution is -2.44. The molecule has 1 aliphatic heterocycles. The third-order valence-corrected chi connectivity index (χ3v) is 2.82. The molecule has 0 aliphatic carbocycles. The molecule has 0 spiro atoms. The van der Waals surface area contributed by atoms with Crippen LogP contribution in [-0.4, -0.2) is 41.9 Å². The molecule has 1 aliphatic rings. The Balaban J connectivity index is 2.40. The first-order valence-electron chi connectivity index (χ1n) is 5.86. The SMILES string of the molecule is CCC[C@H](N)C(=O)N1CCC(NC(C)=O)C1. The second kappa shape index (κ2) is 5.84. The van der Waals surface area contributed by atoms with Gasteiger partial charge >= 0.3 is 0 Å². The minimum absolute atomic E-state index is 0.00898. The summed E-state index contributed by atoms with van der Waals surface area (Å²) in [6, 6.07) is -0.295. The van der Waals surface area contributed by atoms with Gasteiger partial charge in [0.05, 0.1) is 6.04 Å². The maximum atomic E-state index is 11.9. The molecular formula is C11H21N3O2. The number of carbonyl (C=O) groups is 2. The first-order chi connectivity index (χ1) is 7.54. The predicted molar refractivity (Wildman–Crippen MR) is 61.7 cm³/mol. The van der Waals surface area contributed by atoms with Crippen LogP contribution in [0.4, 0.5) is 0 Å². The van der Waals surface area contributed by atoms with Crippen molar-refractivity contribution < 1.29 is 9.59 Å². The zero-order valence-electron chi connectivity index (χ0n) is 10.0. The van der Waals surface area contributed by atoms with E-state index in [-0.39, 0.29) is 23.9 Å². The summed E-state index contributed by atoms with van der Waals surface area (Å²) >= 11 is 0. The Kier molecular flexibility index (Phi) is 4.73. The average Bonchev–Trinajstić information content (AvgIpc) is 2.64. The number of likely N-dealkylation sites (tertiary alicyclic amines) is 1. The lowest BCUT2D eigenvalue weighted by atomic mass is 10.1. The molecule has 0 aromatic carbocycles. The molecule has 3 N–H and O–H groups in total. The summed E-state index contributed by atoms with van der Waals surface area (Å²) in [4.78, 5) is 24.5. The zero-order valence-corrected chi connectivity index (χ0v) is 10.0. The van der Waals surface area contributed by atoms with Crippen LogP contribution in [0.3, 0.4) is 0 Å². The van der Waals surface area contributed by atoms with Crippen molar-refractivity contribution in [2.24, 2.45) is 5.73 Å². The summed E-state index contributed by atoms with van der Waals surface area (Å²) in [6.07, 6.45) is 2.46. The van der Waals surface area contributed by atoms with Crippen LogP contribution >= 0.6 is 0 Å². The number of nitrogens with two attached hydrogens (primary N) is 1. The molecular weight excluding hydrogens is 206 g/mol. The molecule has 1 heterocycles. The molecule has 1 saturated heterocycles. The summed E-state index contributed by atoms with van der Waals surface area (Å²) in [7, 11) is 0. The molecule has 0 aromatic heterocycles. The van der Waals surface area contributed by atoms with E-state index in [2.05, 4.69) is 5.32 Å². The molecule has 5 nitrogen and oxygen atoms in total. The second-order valence-electron chi connectivity index (χ2n) is 4.37. The van der Waals surface area contributed by atoms with Crippen LogP contribution in [-0.2, 0) is 9.59 Å². The lowest BCUT2D eigenvalue weighted by Gasteiger charge is -2.20. The minimum atomic E-state index is -0.388. The van der Waals surface area contributed by atoms with E-state index in [0.717, 1.165) is 19.3 Å². The Labute approximate surface area is 96.4 Å². The van der Waals surface area contributed by atoms with Crippen molar-refractivity contribution in [1.29, 1.82) is 0 Å². The molecule has 1 fully saturated rings. The number of hydrogen-bond donors (Lipinski definition) is 2. The third kappa shape index (κ3) is 3.48. The van der Waals surface area contributed by atoms with Gasteiger partial charge in [-0.15, -0.1) is 0 Å². The number of nitrogens with zero attached hydrogens (tertiary/aromatic N) is 1. The first-order valence-corrected chi connectivity index (χ1v) is 5.86. The van der Waals surface area contributed by atoms with Gasteiger partial charge < -0.3 is 16.0 Å². The van der Waals surface area contributed by atoms with Crippen molar-refractivity contribution in [2.45, 2.75) is 45.2 Å². The standard InChI is InChI=1S/C11H21N3O2/c1-3-4-10(12)11(16)14-6-5-9(7-14)13-8(2)15/h9-10H,3-7,12H2,1-2H3,(H,13,15)/t9?,10-/m0/s1. The highest BCUT2D eigenvalue weighted by Crippen LogP contribution is 2.11. The molecule has 2 atom stereocenters. The van der Waals surface area contributed by atoms with Crippen LogP contribution in [0.1, 0.15) is 33.1 Å². The third-order valence-electron chi connectivity index (χ3n) is 2.82. The van der Waals surface area contributed by atoms with Crippen molar-refractivity contribution in [2.75, 3.05) is 13.1 Å². The molecule has 16 heavy (non-hydrogen) atoms. The summed E-state index contributed by atoms with van der Waals surface area (Å²) in [6.45, 7) is 4.79. The maximum absolute atomic E-state index is 11.9. The molecule has 0 bridgehead atoms. The number of amides is 2. The van der Waals surface area contributed by atoms with Gasteiger partial charge in [-0.2, -0.15) is 0 Å². The van der Waals surface area contributed by atoms with Gasteiger partial charge in [0, 0.05) is 26.1 Å². The smallest absolute Gasteiger partial charge is 0.239 e. The van der Waals surface area contributed by atoms with Crippen molar-refractivity contribution in [3.63, 3.8) is 0 Å². The molecule has 5 heteroatoms. The van der Waals surface area contributed by atoms with Crippen molar-refractivity contribution in [3.05, 3.63) is 0 Å². The van der Waals surface area contributed by atoms with Gasteiger partial charge in [0.2, 0.25) is 11.8 Å². The van der Waals surface area contributed by atoms with E-state index in [1.165, 1.54) is 6.92 Å². The predicted octanol–water partition coefficient (Wildman–Crippen LogP) is -0.149. The fourth-order valence-corrected chi connectivity index (χ4v) is 2.03. The fraction of sp³-hybridized carbons (Fsp3) is 0.818. The van der Waals surface area contributed by atoms with Gasteiger partial charge in [0.1, 0.15) is 0 Å². The van der Waals surface area contributed by atoms with E-state index in [9.17, 15) is 9.59 Å². The average molecular weight is 227 g/mol. The normalized spacial score (nSPS) is 21.9. The Morgan fingerprint density at radius 1 is 1.56 bits per heavy atom. The highest BCUT2D eigenvalue weighted by molar-refractivity contribution is 5.82. The largest absolute Gasteiger partial charge is 0.352 e. The van der Waals surface area contributed by atoms with Crippen molar-refractivity contribution >= 4 is 11.8 Å². The van der Waals surface area contributed by atoms with E-state index in [4.69, 9.17) is 5.73 Å². The van der Waals surface area contributed by atoms with Gasteiger partial charge in [-0.05, 0) is 12.8 Å². The molecule has 0 aromatic rings. The zero-order chi connectivity index (χ0) is 12.1. The molecule has 2 amide bonds. The Bertz CT molecular complexity index is 268. The number of hydrogen-bond acceptors (Lipinski definition) is 3. The second-order valence-corrected chi connectivity index (χ2v) is 4.37. The van der Waals surface area contributed by atoms with Gasteiger partial charge in [0.15, 0.2) is 0 Å². The van der Waals surface area contributed by atoms with Gasteiger partial charge in [-0.1, -0.05) is 13.3 Å². The highest BCUT2D eigenvalue weighted by Gasteiger charge is 2.29. The molecule has 0 radical (unpaired) electrons. The van der Waals surface area contributed by atoms with E-state index in [0.29, 0.717) is 13.1 Å². The Morgan fingerprint density at radius 3 is 2.81 bits per heavy atom. The summed E-state index contributed by atoms with van der Waals surface area (Å²) in [5.74, 6) is -0.0353. The quantitative estimate of drug-likeness (QED) is 0.701. The van der Waals surface area contributed by atoms with Crippen molar-refractivity contribution in [1.82, 2.24) is 10.2 Å². The molecule has 0 saturated carbocycles. The van der Waals surface area contributed by atoms with Gasteiger partial charge in [0.25, 0.3) is 0 Å². The van der Waals surface area contributed by atoms with E-state index in [1.807, 2.05) is 6.92 Å². The number of rotatable bonds is 4. The van der Waals surface area contributed by atoms with E-state index >= 15 is 0 Å². The van der Waals surface area contributed by atoms with Crippen LogP contribution in [0, 0.1) is 0 Å². The van der Waals surface area contributed by atoms with Gasteiger partial charge in [-0.3, -0.25) is 9.59 Å². The van der Waals surface area contributed by atoms with E-state index < -0.39 is 0 Å². The monoisotopic (exact) mass is 227 g/mol. The van der Waals surface area contributed by atoms with Crippen LogP contribution in [0.5, 0.6) is 0 Å². The molecule has 1 unspecified atom stereocenters. The van der Waals surface area contributed by atoms with Crippen LogP contribution in [0.15, 0.2) is 0 Å². The number of nitrogens with one attached hydrogen (secondary N) is 1. The van der Waals surface area contributed by atoms with Crippen LogP contribution < -0.4 is 11.1 Å². The summed E-state index contributed by atoms with van der Waals surface area (Å²) < 4.78 is 0. The molecule has 92 valence electrons. The minimum Gasteiger partial charge on any atom is -0.352 e.